The van der Waals surface area contributed by atoms with Gasteiger partial charge in [-0.2, -0.15) is 0 Å². The number of rotatable bonds is 127. The lowest BCUT2D eigenvalue weighted by molar-refractivity contribution is -0.127. The van der Waals surface area contributed by atoms with Crippen molar-refractivity contribution >= 4 is 128 Å². The maximum absolute atomic E-state index is 6.75. The van der Waals surface area contributed by atoms with E-state index in [2.05, 4.69) is 0 Å². The van der Waals surface area contributed by atoms with Gasteiger partial charge >= 0.3 is 0 Å². The summed E-state index contributed by atoms with van der Waals surface area (Å²) in [5.74, 6) is 4.05. The fourth-order valence-electron chi connectivity index (χ4n) is 11.3. The Kier molecular flexibility index (Phi) is 125. The average Bonchev–Trinajstić information content (AvgIpc) is 0.918. The van der Waals surface area contributed by atoms with Gasteiger partial charge in [-0.05, 0) is 0 Å². The van der Waals surface area contributed by atoms with Crippen molar-refractivity contribution in [1.29, 1.82) is 0 Å². The normalized spacial score (nSPS) is 14.0. The Bertz CT molecular complexity index is 2270. The van der Waals surface area contributed by atoms with E-state index in [1.54, 1.807) is 0 Å². The van der Waals surface area contributed by atoms with Gasteiger partial charge in [0, 0.05) is 83.9 Å². The summed E-state index contributed by atoms with van der Waals surface area (Å²) in [6.07, 6.45) is -4.45. The van der Waals surface area contributed by atoms with Crippen LogP contribution in [0.15, 0.2) is 0 Å². The van der Waals surface area contributed by atoms with E-state index in [9.17, 15) is 0 Å². The van der Waals surface area contributed by atoms with Gasteiger partial charge in [-0.3, -0.25) is 0 Å². The topological polar surface area (TPSA) is 351 Å². The number of hydrogen-bond donors (Lipinski definition) is 0. The second-order valence-electron chi connectivity index (χ2n) is 29.0. The predicted octanol–water partition coefficient (Wildman–Crippen LogP) is 8.73. The third-order valence-electron chi connectivity index (χ3n) is 17.7. The van der Waals surface area contributed by atoms with Crippen LogP contribution in [0.3, 0.4) is 0 Å². The highest BCUT2D eigenvalue weighted by atomic mass is 35.5. The third-order valence-corrected chi connectivity index (χ3v) is 19.4. The molecule has 0 aromatic carbocycles. The first-order valence-corrected chi connectivity index (χ1v) is 54.1. The fourth-order valence-corrected chi connectivity index (χ4v) is 12.5. The highest BCUT2D eigenvalue weighted by molar-refractivity contribution is 6.20. The molecule has 0 saturated heterocycles. The summed E-state index contributed by atoms with van der Waals surface area (Å²) in [5.41, 5.74) is 0. The molecule has 0 aromatic rings. The van der Waals surface area contributed by atoms with Crippen molar-refractivity contribution < 1.29 is 180 Å². The van der Waals surface area contributed by atoms with Crippen molar-refractivity contribution in [3.05, 3.63) is 0 Å². The van der Waals surface area contributed by atoms with Gasteiger partial charge in [-0.25, -0.2) is 0 Å². The molecule has 38 nitrogen and oxygen atoms in total. The molecule has 9 atom stereocenters. The molecule has 0 spiro atoms. The fraction of sp³-hybridized carbons (Fsp3) is 1.00. The molecule has 139 heavy (non-hydrogen) atoms. The van der Waals surface area contributed by atoms with Crippen molar-refractivity contribution in [3.8, 4) is 0 Å². The van der Waals surface area contributed by atoms with Crippen LogP contribution in [0.4, 0.5) is 0 Å². The van der Waals surface area contributed by atoms with Gasteiger partial charge in [0.25, 0.3) is 0 Å². The molecule has 9 unspecified atom stereocenters. The number of halogens is 11. The first-order chi connectivity index (χ1) is 68.8. The Hall–Kier alpha value is 1.67. The Morgan fingerprint density at radius 3 is 0.295 bits per heavy atom. The smallest absolute Gasteiger partial charge is 0.104 e. The maximum atomic E-state index is 6.75. The molecular formula is C90H171Cl11O38. The Labute approximate surface area is 883 Å². The molecule has 0 bridgehead atoms. The van der Waals surface area contributed by atoms with Crippen LogP contribution in [-0.2, 0) is 180 Å². The highest BCUT2D eigenvalue weighted by Gasteiger charge is 2.27. The molecular weight excluding hydrogens is 2080 g/mol. The lowest BCUT2D eigenvalue weighted by atomic mass is 10.1. The largest absolute Gasteiger partial charge is 0.378 e. The van der Waals surface area contributed by atoms with E-state index >= 15 is 0 Å². The Morgan fingerprint density at radius 1 is 0.0863 bits per heavy atom. The number of alkyl halides is 11. The summed E-state index contributed by atoms with van der Waals surface area (Å²) >= 11 is 64.3. The van der Waals surface area contributed by atoms with Gasteiger partial charge in [0.1, 0.15) is 18.3 Å². The van der Waals surface area contributed by atoms with Crippen LogP contribution >= 0.6 is 128 Å². The molecule has 0 amide bonds. The molecule has 836 valence electrons. The molecule has 0 heterocycles. The summed E-state index contributed by atoms with van der Waals surface area (Å²) in [5, 5.41) is 0. The lowest BCUT2D eigenvalue weighted by Crippen LogP contribution is -2.37. The van der Waals surface area contributed by atoms with Crippen LogP contribution < -0.4 is 0 Å². The van der Waals surface area contributed by atoms with Gasteiger partial charge in [0.2, 0.25) is 0 Å². The lowest BCUT2D eigenvalue weighted by Gasteiger charge is -2.28. The minimum Gasteiger partial charge on any atom is -0.378 e. The quantitative estimate of drug-likeness (QED) is 0.0405. The van der Waals surface area contributed by atoms with Crippen LogP contribution in [0, 0.1) is 0 Å². The van der Waals surface area contributed by atoms with Crippen LogP contribution in [0.2, 0.25) is 0 Å². The van der Waals surface area contributed by atoms with E-state index in [1.807, 2.05) is 0 Å². The van der Waals surface area contributed by atoms with Crippen molar-refractivity contribution in [2.45, 2.75) is 74.2 Å². The predicted molar refractivity (Wildman–Crippen MR) is 533 cm³/mol. The van der Waals surface area contributed by atoms with Gasteiger partial charge in [0.05, 0.1) is 479 Å². The van der Waals surface area contributed by atoms with E-state index in [4.69, 9.17) is 308 Å². The molecule has 0 aliphatic carbocycles. The summed E-state index contributed by atoms with van der Waals surface area (Å²) in [7, 11) is 0. The van der Waals surface area contributed by atoms with Gasteiger partial charge in [-0.15, -0.1) is 128 Å². The zero-order chi connectivity index (χ0) is 100. The summed E-state index contributed by atoms with van der Waals surface area (Å²) in [6, 6.07) is 0. The summed E-state index contributed by atoms with van der Waals surface area (Å²) < 4.78 is 229. The zero-order valence-corrected chi connectivity index (χ0v) is 90.5. The third kappa shape index (κ3) is 109. The van der Waals surface area contributed by atoms with Crippen molar-refractivity contribution in [3.63, 3.8) is 0 Å². The standard InChI is InChI=1S/C90H171Cl11O38/c91-1-12-102-23-34-113-45-47-124-76-88(137-64-55-121-42-31-110-20-9-99)78-128-74-86(135-62-53-119-40-29-108-18-7-97)68-84(133-60-51-117-38-27-106-16-5-95)72-126-70-82(131-58-49-115-36-25-104-14-3-93)67-83(132-59-50-116-37-26-105-15-4-94)71-127-73-85(134-61-52-118-39-28-107-17-6-96)69-87(136-63-54-120-41-30-109-19-8-98)75-129-80-90(139-66-57-123-44-33-112-22-11-101)81-130-79-89(138-65-56-122-43-32-111-21-10-100)77-125-48-46-114-35-24-103-13-2-92/h82-90H,1-81H2. The monoisotopic (exact) mass is 2240 g/mol. The summed E-state index contributed by atoms with van der Waals surface area (Å²) in [4.78, 5) is 0. The first kappa shape index (κ1) is 141. The second kappa shape index (κ2) is 123. The first-order valence-electron chi connectivity index (χ1n) is 48.3. The minimum absolute atomic E-state index is 0.0471. The average molecular weight is 2250 g/mol. The van der Waals surface area contributed by atoms with Crippen LogP contribution in [0.5, 0.6) is 0 Å². The maximum Gasteiger partial charge on any atom is 0.104 e. The highest BCUT2D eigenvalue weighted by Crippen LogP contribution is 2.17. The molecule has 0 fully saturated rings. The molecule has 0 rings (SSSR count). The SMILES string of the molecule is ClCCOCCOCCOCC(COCC(COCC(CC(COCC(CC(COCC(CC(COCC(COCCOCCOCCCl)OCCOCCOCCCl)OCCOCCOCCCl)OCCOCCOCCCl)OCCOCCOCCCl)OCCOCCOCCCl)OCCOCCOCCCl)OCCOCCOCCCl)OCCOCCOCCCl)OCCOCCOCCCl. The molecule has 0 radical (unpaired) electrons. The molecule has 0 aromatic heterocycles. The van der Waals surface area contributed by atoms with E-state index < -0.39 is 54.9 Å². The van der Waals surface area contributed by atoms with Crippen LogP contribution in [0.1, 0.15) is 19.3 Å². The number of ether oxygens (including phenoxy) is 38. The molecule has 0 aliphatic rings. The minimum atomic E-state index is -0.633. The molecule has 0 saturated carbocycles. The van der Waals surface area contributed by atoms with Crippen molar-refractivity contribution in [1.82, 2.24) is 0 Å². The van der Waals surface area contributed by atoms with Gasteiger partial charge in [0.15, 0.2) is 0 Å². The molecule has 49 heteroatoms. The van der Waals surface area contributed by atoms with Gasteiger partial charge in [-0.1, -0.05) is 0 Å². The second-order valence-corrected chi connectivity index (χ2v) is 33.2. The molecule has 0 N–H and O–H groups in total. The van der Waals surface area contributed by atoms with E-state index in [0.29, 0.717) is 329 Å². The van der Waals surface area contributed by atoms with E-state index in [1.165, 1.54) is 0 Å². The zero-order valence-electron chi connectivity index (χ0n) is 82.1. The summed E-state index contributed by atoms with van der Waals surface area (Å²) in [6.45, 7) is 18.8. The Morgan fingerprint density at radius 2 is 0.173 bits per heavy atom. The van der Waals surface area contributed by atoms with E-state index in [0.717, 1.165) is 0 Å². The Balaban J connectivity index is 7.73. The van der Waals surface area contributed by atoms with Gasteiger partial charge < -0.3 is 180 Å². The van der Waals surface area contributed by atoms with Crippen molar-refractivity contribution in [2.75, 3.05) is 507 Å². The van der Waals surface area contributed by atoms with Crippen molar-refractivity contribution in [2.24, 2.45) is 0 Å². The molecule has 0 aliphatic heterocycles. The van der Waals surface area contributed by atoms with E-state index in [-0.39, 0.29) is 198 Å². The number of hydrogen-bond acceptors (Lipinski definition) is 38. The van der Waals surface area contributed by atoms with Crippen LogP contribution in [-0.4, -0.2) is 562 Å². The van der Waals surface area contributed by atoms with Crippen LogP contribution in [0.25, 0.3) is 0 Å².